The lowest BCUT2D eigenvalue weighted by Crippen LogP contribution is -2.27. The van der Waals surface area contributed by atoms with Gasteiger partial charge in [-0.05, 0) is 94.3 Å². The molecule has 9 aromatic rings. The minimum Gasteiger partial charge on any atom is -0.436 e. The van der Waals surface area contributed by atoms with E-state index < -0.39 is 19.3 Å². The Morgan fingerprint density at radius 3 is 1.75 bits per heavy atom. The number of hydrogen-bond acceptors (Lipinski definition) is 6. The number of benzene rings is 7. The second-order valence-electron chi connectivity index (χ2n) is 18.5. The molecule has 0 saturated carbocycles. The maximum absolute atomic E-state index is 16.2. The average Bonchev–Trinajstić information content (AvgIpc) is 3.82. The molecule has 1 atom stereocenters. The molecule has 0 N–H and O–H groups in total. The van der Waals surface area contributed by atoms with Crippen molar-refractivity contribution in [2.24, 2.45) is 0 Å². The first kappa shape index (κ1) is 41.6. The fourth-order valence-corrected chi connectivity index (χ4v) is 11.5. The molecule has 0 radical (unpaired) electrons. The van der Waals surface area contributed by atoms with Crippen molar-refractivity contribution in [3.8, 4) is 39.8 Å². The molecule has 1 aliphatic heterocycles. The van der Waals surface area contributed by atoms with E-state index in [1.165, 1.54) is 17.2 Å². The van der Waals surface area contributed by atoms with Gasteiger partial charge in [-0.1, -0.05) is 121 Å². The van der Waals surface area contributed by atoms with Crippen LogP contribution < -0.4 is 24.6 Å². The van der Waals surface area contributed by atoms with Gasteiger partial charge in [0.15, 0.2) is 11.5 Å². The predicted octanol–water partition coefficient (Wildman–Crippen LogP) is 12.9. The van der Waals surface area contributed by atoms with Gasteiger partial charge in [-0.15, -0.1) is 0 Å². The first-order valence-corrected chi connectivity index (χ1v) is 23.2. The molecule has 0 bridgehead atoms. The van der Waals surface area contributed by atoms with Gasteiger partial charge < -0.3 is 23.1 Å². The number of rotatable bonds is 7. The van der Waals surface area contributed by atoms with Crippen LogP contribution in [0.2, 0.25) is 0 Å². The van der Waals surface area contributed by atoms with Crippen molar-refractivity contribution in [3.05, 3.63) is 176 Å². The summed E-state index contributed by atoms with van der Waals surface area (Å²) in [6.45, 7) is 20.8. The van der Waals surface area contributed by atoms with Gasteiger partial charge in [0.05, 0.1) is 32.5 Å². The number of esters is 2. The monoisotopic (exact) mass is 874 g/mol. The molecule has 0 fully saturated rings. The largest absolute Gasteiger partial charge is 0.436 e. The number of carbonyl (C=O) groups excluding carboxylic acids is 2. The summed E-state index contributed by atoms with van der Waals surface area (Å²) in [5.41, 5.74) is 8.44. The van der Waals surface area contributed by atoms with E-state index in [-0.39, 0.29) is 27.6 Å². The summed E-state index contributed by atoms with van der Waals surface area (Å²) in [7, 11) is -4.22. The van der Waals surface area contributed by atoms with Crippen LogP contribution in [0, 0.1) is 0 Å². The summed E-state index contributed by atoms with van der Waals surface area (Å²) in [6, 6.07) is 45.4. The molecule has 322 valence electrons. The fourth-order valence-electron chi connectivity index (χ4n) is 9.13. The second-order valence-corrected chi connectivity index (χ2v) is 20.8. The Balaban J connectivity index is 1.37. The Kier molecular flexibility index (Phi) is 9.67. The van der Waals surface area contributed by atoms with E-state index in [2.05, 4.69) is 108 Å². The van der Waals surface area contributed by atoms with Crippen LogP contribution in [0.3, 0.4) is 0 Å². The highest BCUT2D eigenvalue weighted by molar-refractivity contribution is 7.75. The highest BCUT2D eigenvalue weighted by Gasteiger charge is 2.43. The Bertz CT molecular complexity index is 3470. The van der Waals surface area contributed by atoms with Gasteiger partial charge in [0.1, 0.15) is 11.3 Å². The first-order valence-electron chi connectivity index (χ1n) is 21.6. The molecule has 9 heteroatoms. The van der Waals surface area contributed by atoms with Crippen LogP contribution in [-0.2, 0) is 25.0 Å². The van der Waals surface area contributed by atoms with E-state index in [4.69, 9.17) is 14.0 Å². The van der Waals surface area contributed by atoms with Crippen LogP contribution in [0.1, 0.15) is 52.7 Å². The molecule has 7 aromatic carbocycles. The van der Waals surface area contributed by atoms with Gasteiger partial charge in [-0.3, -0.25) is 4.57 Å². The van der Waals surface area contributed by atoms with E-state index >= 15 is 4.57 Å². The van der Waals surface area contributed by atoms with E-state index in [0.29, 0.717) is 38.4 Å². The number of nitrogens with zero attached hydrogens (tertiary/aromatic N) is 2. The predicted molar refractivity (Wildman–Crippen MR) is 264 cm³/mol. The van der Waals surface area contributed by atoms with E-state index in [9.17, 15) is 9.59 Å². The fraction of sp³-hybridized carbons (Fsp3) is 0.143. The molecule has 0 saturated heterocycles. The maximum atomic E-state index is 16.2. The highest BCUT2D eigenvalue weighted by Crippen LogP contribution is 2.58. The number of aromatic nitrogens is 2. The van der Waals surface area contributed by atoms with Gasteiger partial charge in [0, 0.05) is 51.3 Å². The minimum atomic E-state index is -4.22. The summed E-state index contributed by atoms with van der Waals surface area (Å²) >= 11 is 0. The quantitative estimate of drug-likeness (QED) is 0.0686. The van der Waals surface area contributed by atoms with Crippen molar-refractivity contribution < 1.29 is 28.2 Å². The summed E-state index contributed by atoms with van der Waals surface area (Å²) in [5, 5.41) is 3.70. The third-order valence-electron chi connectivity index (χ3n) is 12.4. The second kappa shape index (κ2) is 15.1. The minimum absolute atomic E-state index is 0.00971. The average molecular weight is 875 g/mol. The zero-order valence-electron chi connectivity index (χ0n) is 37.1. The van der Waals surface area contributed by atoms with Crippen LogP contribution in [-0.4, -0.2) is 21.1 Å². The lowest BCUT2D eigenvalue weighted by molar-refractivity contribution is -0.129. The molecule has 3 heterocycles. The van der Waals surface area contributed by atoms with Crippen molar-refractivity contribution in [2.75, 3.05) is 0 Å². The van der Waals surface area contributed by atoms with Gasteiger partial charge in [0.2, 0.25) is 0 Å². The smallest absolute Gasteiger partial charge is 0.335 e. The van der Waals surface area contributed by atoms with E-state index in [1.54, 1.807) is 18.2 Å². The Morgan fingerprint density at radius 1 is 0.569 bits per heavy atom. The van der Waals surface area contributed by atoms with Crippen molar-refractivity contribution >= 4 is 73.5 Å². The van der Waals surface area contributed by atoms with Crippen LogP contribution in [0.4, 0.5) is 0 Å². The van der Waals surface area contributed by atoms with Crippen LogP contribution in [0.5, 0.6) is 17.2 Å². The first-order chi connectivity index (χ1) is 31.1. The normalized spacial score (nSPS) is 14.8. The molecule has 0 amide bonds. The maximum Gasteiger partial charge on any atom is 0.335 e. The topological polar surface area (TPSA) is 88.8 Å². The van der Waals surface area contributed by atoms with Gasteiger partial charge in [-0.25, -0.2) is 9.59 Å². The van der Waals surface area contributed by atoms with Gasteiger partial charge in [0.25, 0.3) is 0 Å². The van der Waals surface area contributed by atoms with Crippen molar-refractivity contribution in [1.29, 1.82) is 0 Å². The third-order valence-corrected chi connectivity index (χ3v) is 14.8. The molecule has 8 nitrogen and oxygen atoms in total. The highest BCUT2D eigenvalue weighted by atomic mass is 31.2. The lowest BCUT2D eigenvalue weighted by atomic mass is 9.85. The third kappa shape index (κ3) is 6.71. The lowest BCUT2D eigenvalue weighted by Gasteiger charge is -2.30. The Labute approximate surface area is 377 Å². The number of ether oxygens (including phenoxy) is 2. The Hall–Kier alpha value is -7.41. The number of fused-ring (bicyclic) bond motifs is 9. The molecule has 10 rings (SSSR count). The molecular weight excluding hydrogens is 828 g/mol. The van der Waals surface area contributed by atoms with E-state index in [0.717, 1.165) is 50.9 Å². The molecule has 1 aliphatic rings. The van der Waals surface area contributed by atoms with Crippen molar-refractivity contribution in [2.45, 2.75) is 52.4 Å². The molecule has 2 aromatic heterocycles. The molecule has 65 heavy (non-hydrogen) atoms. The summed E-state index contributed by atoms with van der Waals surface area (Å²) < 4.78 is 39.6. The summed E-state index contributed by atoms with van der Waals surface area (Å²) in [6.07, 6.45) is 2.15. The summed E-state index contributed by atoms with van der Waals surface area (Å²) in [4.78, 5) is 27.1. The van der Waals surface area contributed by atoms with Crippen LogP contribution >= 0.6 is 7.37 Å². The summed E-state index contributed by atoms with van der Waals surface area (Å²) in [5.74, 6) is -1.06. The van der Waals surface area contributed by atoms with Crippen LogP contribution in [0.15, 0.2) is 165 Å². The molecule has 0 aliphatic carbocycles. The number of hydrogen-bond donors (Lipinski definition) is 0. The van der Waals surface area contributed by atoms with Crippen LogP contribution in [0.25, 0.3) is 66.1 Å². The SMILES string of the molecule is C=CC(=O)Oc1c(P2(=O)Oc3ccccc3-c3ccccc32)cc(OC(=O)C=C)c2c1c1cc(-n3c4ccc(C(C)(C)C)cc4c4cc(C(C)(C)C)ccc43)ccc1n2-c1ccccc1. The van der Waals surface area contributed by atoms with Gasteiger partial charge >= 0.3 is 19.3 Å². The molecular formula is C56H47N2O6P. The molecule has 1 unspecified atom stereocenters. The van der Waals surface area contributed by atoms with E-state index in [1.807, 2.05) is 71.3 Å². The Morgan fingerprint density at radius 2 is 1.12 bits per heavy atom. The molecule has 0 spiro atoms. The standard InChI is InChI=1S/C56H47N2O6P/c1-9-50(59)62-47-33-49(65(61)48-23-17-15-21-39(48)38-20-14-16-22-46(38)64-65)54(63-51(60)10-2)52-42-32-37(26-29-45(42)58(53(47)52)36-18-12-11-13-19-36)57-43-27-24-34(55(3,4)5)30-40(43)41-31-35(56(6,7)8)25-28-44(41)57/h9-33H,1-2H2,3-8H3. The van der Waals surface area contributed by atoms with Crippen molar-refractivity contribution in [3.63, 3.8) is 0 Å². The van der Waals surface area contributed by atoms with Crippen molar-refractivity contribution in [1.82, 2.24) is 9.13 Å². The number of carbonyl (C=O) groups is 2. The van der Waals surface area contributed by atoms with Gasteiger partial charge in [-0.2, -0.15) is 0 Å². The zero-order valence-corrected chi connectivity index (χ0v) is 38.0. The zero-order chi connectivity index (χ0) is 45.6. The number of para-hydroxylation sites is 2.